The minimum atomic E-state index is 0.388. The second-order valence-electron chi connectivity index (χ2n) is 5.49. The predicted molar refractivity (Wildman–Crippen MR) is 61.0 cm³/mol. The van der Waals surface area contributed by atoms with Crippen LogP contribution in [0.2, 0.25) is 0 Å². The maximum absolute atomic E-state index is 11.9. The van der Waals surface area contributed by atoms with Gasteiger partial charge in [0.05, 0.1) is 12.5 Å². The third-order valence-electron chi connectivity index (χ3n) is 4.36. The molecule has 3 unspecified atom stereocenters. The molecule has 2 fully saturated rings. The van der Waals surface area contributed by atoms with E-state index in [2.05, 4.69) is 0 Å². The summed E-state index contributed by atoms with van der Waals surface area (Å²) in [5.74, 6) is 2.88. The van der Waals surface area contributed by atoms with Gasteiger partial charge in [-0.1, -0.05) is 6.42 Å². The molecule has 2 saturated carbocycles. The average Bonchev–Trinajstić information content (AvgIpc) is 2.92. The summed E-state index contributed by atoms with van der Waals surface area (Å²) in [5.41, 5.74) is 1.02. The van der Waals surface area contributed by atoms with Crippen molar-refractivity contribution in [1.82, 2.24) is 0 Å². The zero-order chi connectivity index (χ0) is 11.0. The first kappa shape index (κ1) is 10.1. The van der Waals surface area contributed by atoms with Crippen LogP contribution in [0.4, 0.5) is 0 Å². The highest BCUT2D eigenvalue weighted by Gasteiger charge is 2.39. The highest BCUT2D eigenvalue weighted by atomic mass is 16.3. The monoisotopic (exact) mass is 218 g/mol. The summed E-state index contributed by atoms with van der Waals surface area (Å²) in [5, 5.41) is 0. The normalized spacial score (nSPS) is 32.1. The van der Waals surface area contributed by atoms with Crippen molar-refractivity contribution in [1.29, 1.82) is 0 Å². The molecule has 0 radical (unpaired) electrons. The van der Waals surface area contributed by atoms with Crippen molar-refractivity contribution in [3.05, 3.63) is 24.2 Å². The van der Waals surface area contributed by atoms with Gasteiger partial charge in [0.15, 0.2) is 0 Å². The standard InChI is InChI=1S/C14H18O2/c15-14(7-11-3-4-16-9-11)8-13-6-10-1-2-12(13)5-10/h3-4,9-10,12-13H,1-2,5-8H2. The Kier molecular flexibility index (Phi) is 2.58. The molecule has 0 aromatic carbocycles. The van der Waals surface area contributed by atoms with Gasteiger partial charge in [-0.2, -0.15) is 0 Å². The van der Waals surface area contributed by atoms with Crippen LogP contribution in [0.5, 0.6) is 0 Å². The second-order valence-corrected chi connectivity index (χ2v) is 5.49. The highest BCUT2D eigenvalue weighted by Crippen LogP contribution is 2.49. The first-order valence-corrected chi connectivity index (χ1v) is 6.34. The van der Waals surface area contributed by atoms with Crippen molar-refractivity contribution in [2.75, 3.05) is 0 Å². The number of hydrogen-bond acceptors (Lipinski definition) is 2. The minimum absolute atomic E-state index is 0.388. The molecular formula is C14H18O2. The molecule has 86 valence electrons. The van der Waals surface area contributed by atoms with Crippen molar-refractivity contribution < 1.29 is 9.21 Å². The molecule has 1 aromatic heterocycles. The molecule has 3 rings (SSSR count). The third kappa shape index (κ3) is 1.93. The Hall–Kier alpha value is -1.05. The fourth-order valence-corrected chi connectivity index (χ4v) is 3.61. The molecule has 1 heterocycles. The number of Topliss-reactive ketones (excluding diaryl/α,β-unsaturated/α-hetero) is 1. The van der Waals surface area contributed by atoms with E-state index in [1.165, 1.54) is 25.7 Å². The summed E-state index contributed by atoms with van der Waals surface area (Å²) < 4.78 is 4.98. The number of ketones is 1. The van der Waals surface area contributed by atoms with Gasteiger partial charge >= 0.3 is 0 Å². The van der Waals surface area contributed by atoms with Gasteiger partial charge in [0.2, 0.25) is 0 Å². The number of rotatable bonds is 4. The molecule has 16 heavy (non-hydrogen) atoms. The summed E-state index contributed by atoms with van der Waals surface area (Å²) in [4.78, 5) is 11.9. The largest absolute Gasteiger partial charge is 0.472 e. The third-order valence-corrected chi connectivity index (χ3v) is 4.36. The molecule has 0 spiro atoms. The molecule has 0 amide bonds. The maximum atomic E-state index is 11.9. The Balaban J connectivity index is 1.53. The second kappa shape index (κ2) is 4.08. The Morgan fingerprint density at radius 3 is 2.94 bits per heavy atom. The van der Waals surface area contributed by atoms with E-state index in [4.69, 9.17) is 4.42 Å². The Labute approximate surface area is 96.0 Å². The lowest BCUT2D eigenvalue weighted by atomic mass is 9.84. The van der Waals surface area contributed by atoms with E-state index in [-0.39, 0.29) is 0 Å². The quantitative estimate of drug-likeness (QED) is 0.776. The molecule has 0 saturated heterocycles. The highest BCUT2D eigenvalue weighted by molar-refractivity contribution is 5.81. The lowest BCUT2D eigenvalue weighted by molar-refractivity contribution is -0.119. The summed E-state index contributed by atoms with van der Waals surface area (Å²) in [7, 11) is 0. The summed E-state index contributed by atoms with van der Waals surface area (Å²) in [6, 6.07) is 1.89. The fraction of sp³-hybridized carbons (Fsp3) is 0.643. The summed E-state index contributed by atoms with van der Waals surface area (Å²) in [6.45, 7) is 0. The van der Waals surface area contributed by atoms with Crippen LogP contribution in [0, 0.1) is 17.8 Å². The van der Waals surface area contributed by atoms with Gasteiger partial charge in [0.25, 0.3) is 0 Å². The zero-order valence-corrected chi connectivity index (χ0v) is 9.52. The Morgan fingerprint density at radius 1 is 1.38 bits per heavy atom. The van der Waals surface area contributed by atoms with E-state index in [1.807, 2.05) is 6.07 Å². The number of carbonyl (C=O) groups excluding carboxylic acids is 1. The van der Waals surface area contributed by atoms with Gasteiger partial charge in [0, 0.05) is 12.8 Å². The molecule has 3 atom stereocenters. The topological polar surface area (TPSA) is 30.2 Å². The SMILES string of the molecule is O=C(Cc1ccoc1)CC1CC2CCC1C2. The van der Waals surface area contributed by atoms with Crippen LogP contribution < -0.4 is 0 Å². The van der Waals surface area contributed by atoms with Crippen molar-refractivity contribution >= 4 is 5.78 Å². The van der Waals surface area contributed by atoms with Gasteiger partial charge in [-0.25, -0.2) is 0 Å². The molecular weight excluding hydrogens is 200 g/mol. The Bertz CT molecular complexity index is 366. The number of hydrogen-bond donors (Lipinski definition) is 0. The lowest BCUT2D eigenvalue weighted by Crippen LogP contribution is -2.16. The first-order valence-electron chi connectivity index (χ1n) is 6.34. The van der Waals surface area contributed by atoms with Crippen molar-refractivity contribution in [2.24, 2.45) is 17.8 Å². The lowest BCUT2D eigenvalue weighted by Gasteiger charge is -2.20. The first-order chi connectivity index (χ1) is 7.81. The van der Waals surface area contributed by atoms with Crippen molar-refractivity contribution in [3.63, 3.8) is 0 Å². The molecule has 2 nitrogen and oxygen atoms in total. The average molecular weight is 218 g/mol. The van der Waals surface area contributed by atoms with Gasteiger partial charge in [-0.15, -0.1) is 0 Å². The van der Waals surface area contributed by atoms with Gasteiger partial charge < -0.3 is 4.42 Å². The van der Waals surface area contributed by atoms with Crippen LogP contribution in [0.15, 0.2) is 23.0 Å². The number of fused-ring (bicyclic) bond motifs is 2. The summed E-state index contributed by atoms with van der Waals surface area (Å²) in [6.07, 6.45) is 10.2. The summed E-state index contributed by atoms with van der Waals surface area (Å²) >= 11 is 0. The molecule has 0 N–H and O–H groups in total. The van der Waals surface area contributed by atoms with Crippen molar-refractivity contribution in [2.45, 2.75) is 38.5 Å². The maximum Gasteiger partial charge on any atom is 0.137 e. The van der Waals surface area contributed by atoms with Crippen LogP contribution in [0.1, 0.15) is 37.7 Å². The molecule has 2 bridgehead atoms. The molecule has 2 heteroatoms. The van der Waals surface area contributed by atoms with Crippen LogP contribution in [-0.2, 0) is 11.2 Å². The van der Waals surface area contributed by atoms with Crippen LogP contribution in [-0.4, -0.2) is 5.78 Å². The molecule has 2 aliphatic rings. The van der Waals surface area contributed by atoms with E-state index in [0.717, 1.165) is 23.8 Å². The number of furan rings is 1. The van der Waals surface area contributed by atoms with E-state index in [0.29, 0.717) is 18.1 Å². The van der Waals surface area contributed by atoms with Crippen molar-refractivity contribution in [3.8, 4) is 0 Å². The molecule has 0 aliphatic heterocycles. The predicted octanol–water partition coefficient (Wildman–Crippen LogP) is 3.22. The smallest absolute Gasteiger partial charge is 0.137 e. The zero-order valence-electron chi connectivity index (χ0n) is 9.52. The molecule has 1 aromatic rings. The van der Waals surface area contributed by atoms with E-state index in [9.17, 15) is 4.79 Å². The van der Waals surface area contributed by atoms with Crippen LogP contribution in [0.25, 0.3) is 0 Å². The minimum Gasteiger partial charge on any atom is -0.472 e. The Morgan fingerprint density at radius 2 is 2.31 bits per heavy atom. The number of carbonyl (C=O) groups is 1. The molecule has 2 aliphatic carbocycles. The van der Waals surface area contributed by atoms with Gasteiger partial charge in [-0.05, 0) is 48.6 Å². The van der Waals surface area contributed by atoms with E-state index >= 15 is 0 Å². The van der Waals surface area contributed by atoms with Crippen LogP contribution >= 0.6 is 0 Å². The van der Waals surface area contributed by atoms with E-state index < -0.39 is 0 Å². The van der Waals surface area contributed by atoms with E-state index in [1.54, 1.807) is 12.5 Å². The van der Waals surface area contributed by atoms with Gasteiger partial charge in [0.1, 0.15) is 5.78 Å². The van der Waals surface area contributed by atoms with Crippen LogP contribution in [0.3, 0.4) is 0 Å². The van der Waals surface area contributed by atoms with Gasteiger partial charge in [-0.3, -0.25) is 4.79 Å². The fourth-order valence-electron chi connectivity index (χ4n) is 3.61.